The van der Waals surface area contributed by atoms with Gasteiger partial charge in [-0.15, -0.1) is 11.8 Å². The first kappa shape index (κ1) is 16.4. The van der Waals surface area contributed by atoms with Gasteiger partial charge < -0.3 is 10.2 Å². The first-order valence-electron chi connectivity index (χ1n) is 7.79. The van der Waals surface area contributed by atoms with E-state index in [4.69, 9.17) is 0 Å². The molecule has 4 heteroatoms. The molecule has 1 amide bonds. The number of likely N-dealkylation sites (tertiary alicyclic amines) is 1. The van der Waals surface area contributed by atoms with Gasteiger partial charge in [-0.05, 0) is 44.8 Å². The van der Waals surface area contributed by atoms with Crippen LogP contribution in [0.25, 0.3) is 0 Å². The summed E-state index contributed by atoms with van der Waals surface area (Å²) in [6, 6.07) is 10.4. The first-order valence-corrected chi connectivity index (χ1v) is 8.84. The summed E-state index contributed by atoms with van der Waals surface area (Å²) in [6.07, 6.45) is 2.37. The van der Waals surface area contributed by atoms with E-state index in [0.29, 0.717) is 11.8 Å². The molecule has 1 aliphatic rings. The lowest BCUT2D eigenvalue weighted by Gasteiger charge is -2.34. The average Bonchev–Trinajstić information content (AvgIpc) is 2.53. The summed E-state index contributed by atoms with van der Waals surface area (Å²) in [5.41, 5.74) is 1.29. The molecule has 0 aromatic heterocycles. The molecule has 1 aromatic carbocycles. The summed E-state index contributed by atoms with van der Waals surface area (Å²) in [5.74, 6) is 1.82. The average molecular weight is 306 g/mol. The zero-order valence-electron chi connectivity index (χ0n) is 13.0. The fraction of sp³-hybridized carbons (Fsp3) is 0.588. The van der Waals surface area contributed by atoms with Gasteiger partial charge in [0.05, 0.1) is 5.25 Å². The van der Waals surface area contributed by atoms with Crippen molar-refractivity contribution in [2.75, 3.05) is 26.7 Å². The molecule has 0 bridgehead atoms. The summed E-state index contributed by atoms with van der Waals surface area (Å²) >= 11 is 1.74. The van der Waals surface area contributed by atoms with Crippen LogP contribution in [-0.4, -0.2) is 42.7 Å². The van der Waals surface area contributed by atoms with Crippen LogP contribution in [-0.2, 0) is 10.5 Å². The predicted octanol–water partition coefficient (Wildman–Crippen LogP) is 2.77. The maximum absolute atomic E-state index is 12.6. The highest BCUT2D eigenvalue weighted by Gasteiger charge is 2.26. The van der Waals surface area contributed by atoms with Gasteiger partial charge in [0.2, 0.25) is 5.91 Å². The standard InChI is InChI=1S/C17H26N2OS/c1-14(21-13-15-7-4-3-5-8-15)17(20)19-10-6-9-16(12-19)11-18-2/h3-5,7-8,14,16,18H,6,9-13H2,1-2H3. The van der Waals surface area contributed by atoms with Crippen molar-refractivity contribution >= 4 is 17.7 Å². The van der Waals surface area contributed by atoms with Gasteiger partial charge in [-0.25, -0.2) is 0 Å². The molecule has 2 atom stereocenters. The third-order valence-electron chi connectivity index (χ3n) is 4.01. The Labute approximate surface area is 132 Å². The fourth-order valence-corrected chi connectivity index (χ4v) is 3.77. The van der Waals surface area contributed by atoms with Crippen molar-refractivity contribution in [3.8, 4) is 0 Å². The van der Waals surface area contributed by atoms with Gasteiger partial charge in [-0.1, -0.05) is 30.3 Å². The molecule has 21 heavy (non-hydrogen) atoms. The molecule has 116 valence electrons. The first-order chi connectivity index (χ1) is 10.2. The summed E-state index contributed by atoms with van der Waals surface area (Å²) in [7, 11) is 1.99. The number of hydrogen-bond acceptors (Lipinski definition) is 3. The highest BCUT2D eigenvalue weighted by molar-refractivity contribution is 7.99. The zero-order chi connectivity index (χ0) is 15.1. The van der Waals surface area contributed by atoms with E-state index >= 15 is 0 Å². The van der Waals surface area contributed by atoms with Crippen molar-refractivity contribution in [2.45, 2.75) is 30.8 Å². The van der Waals surface area contributed by atoms with E-state index in [2.05, 4.69) is 34.5 Å². The lowest BCUT2D eigenvalue weighted by atomic mass is 9.98. The van der Waals surface area contributed by atoms with E-state index < -0.39 is 0 Å². The van der Waals surface area contributed by atoms with Crippen LogP contribution >= 0.6 is 11.8 Å². The molecule has 1 aromatic rings. The Bertz CT molecular complexity index is 436. The van der Waals surface area contributed by atoms with Crippen LogP contribution in [0.1, 0.15) is 25.3 Å². The molecule has 0 saturated carbocycles. The number of amides is 1. The molecule has 1 aliphatic heterocycles. The Kier molecular flexibility index (Phi) is 6.58. The molecule has 1 N–H and O–H groups in total. The van der Waals surface area contributed by atoms with Gasteiger partial charge in [0, 0.05) is 18.8 Å². The number of nitrogens with zero attached hydrogens (tertiary/aromatic N) is 1. The molecule has 1 saturated heterocycles. The lowest BCUT2D eigenvalue weighted by molar-refractivity contribution is -0.132. The Morgan fingerprint density at radius 2 is 2.19 bits per heavy atom. The molecule has 1 fully saturated rings. The Balaban J connectivity index is 1.81. The molecule has 0 spiro atoms. The van der Waals surface area contributed by atoms with E-state index in [1.54, 1.807) is 11.8 Å². The number of piperidine rings is 1. The smallest absolute Gasteiger partial charge is 0.235 e. The largest absolute Gasteiger partial charge is 0.341 e. The molecule has 0 aliphatic carbocycles. The molecule has 0 radical (unpaired) electrons. The third-order valence-corrected chi connectivity index (χ3v) is 5.22. The van der Waals surface area contributed by atoms with Crippen LogP contribution in [0.15, 0.2) is 30.3 Å². The van der Waals surface area contributed by atoms with Crippen molar-refractivity contribution in [2.24, 2.45) is 5.92 Å². The lowest BCUT2D eigenvalue weighted by Crippen LogP contribution is -2.45. The number of benzene rings is 1. The molecular weight excluding hydrogens is 280 g/mol. The van der Waals surface area contributed by atoms with Crippen molar-refractivity contribution in [3.05, 3.63) is 35.9 Å². The predicted molar refractivity (Wildman–Crippen MR) is 90.4 cm³/mol. The maximum atomic E-state index is 12.6. The minimum atomic E-state index is 0.0403. The number of thioether (sulfide) groups is 1. The van der Waals surface area contributed by atoms with Crippen LogP contribution in [0.4, 0.5) is 0 Å². The van der Waals surface area contributed by atoms with Gasteiger partial charge in [-0.3, -0.25) is 4.79 Å². The van der Waals surface area contributed by atoms with Crippen LogP contribution in [0.2, 0.25) is 0 Å². The second-order valence-electron chi connectivity index (χ2n) is 5.79. The van der Waals surface area contributed by atoms with E-state index in [1.807, 2.05) is 20.0 Å². The highest BCUT2D eigenvalue weighted by atomic mass is 32.2. The van der Waals surface area contributed by atoms with E-state index in [1.165, 1.54) is 12.0 Å². The fourth-order valence-electron chi connectivity index (χ4n) is 2.84. The second-order valence-corrected chi connectivity index (χ2v) is 7.12. The molecule has 3 nitrogen and oxygen atoms in total. The minimum Gasteiger partial charge on any atom is -0.341 e. The number of nitrogens with one attached hydrogen (secondary N) is 1. The normalized spacial score (nSPS) is 20.3. The Morgan fingerprint density at radius 1 is 1.43 bits per heavy atom. The Morgan fingerprint density at radius 3 is 2.90 bits per heavy atom. The number of carbonyl (C=O) groups excluding carboxylic acids is 1. The van der Waals surface area contributed by atoms with E-state index in [9.17, 15) is 4.79 Å². The topological polar surface area (TPSA) is 32.3 Å². The van der Waals surface area contributed by atoms with Gasteiger partial charge in [-0.2, -0.15) is 0 Å². The molecule has 2 unspecified atom stereocenters. The number of hydrogen-bond donors (Lipinski definition) is 1. The zero-order valence-corrected chi connectivity index (χ0v) is 13.9. The number of carbonyl (C=O) groups is 1. The van der Waals surface area contributed by atoms with E-state index in [0.717, 1.165) is 31.8 Å². The quantitative estimate of drug-likeness (QED) is 0.877. The van der Waals surface area contributed by atoms with Crippen LogP contribution in [0.5, 0.6) is 0 Å². The van der Waals surface area contributed by atoms with Gasteiger partial charge in [0.1, 0.15) is 0 Å². The minimum absolute atomic E-state index is 0.0403. The summed E-state index contributed by atoms with van der Waals surface area (Å²) in [5, 5.41) is 3.27. The second kappa shape index (κ2) is 8.44. The SMILES string of the molecule is CNCC1CCCN(C(=O)C(C)SCc2ccccc2)C1. The van der Waals surface area contributed by atoms with Crippen molar-refractivity contribution in [3.63, 3.8) is 0 Å². The van der Waals surface area contributed by atoms with Crippen LogP contribution in [0.3, 0.4) is 0 Å². The Hall–Kier alpha value is -1.00. The summed E-state index contributed by atoms with van der Waals surface area (Å²) in [4.78, 5) is 14.6. The van der Waals surface area contributed by atoms with Crippen LogP contribution < -0.4 is 5.32 Å². The number of rotatable bonds is 6. The molecular formula is C17H26N2OS. The maximum Gasteiger partial charge on any atom is 0.235 e. The molecule has 1 heterocycles. The molecule has 2 rings (SSSR count). The van der Waals surface area contributed by atoms with Crippen LogP contribution in [0, 0.1) is 5.92 Å². The monoisotopic (exact) mass is 306 g/mol. The van der Waals surface area contributed by atoms with Gasteiger partial charge in [0.15, 0.2) is 0 Å². The van der Waals surface area contributed by atoms with Crippen molar-refractivity contribution < 1.29 is 4.79 Å². The summed E-state index contributed by atoms with van der Waals surface area (Å²) in [6.45, 7) is 4.89. The highest BCUT2D eigenvalue weighted by Crippen LogP contribution is 2.22. The third kappa shape index (κ3) is 5.04. The van der Waals surface area contributed by atoms with E-state index in [-0.39, 0.29) is 5.25 Å². The summed E-state index contributed by atoms with van der Waals surface area (Å²) < 4.78 is 0. The van der Waals surface area contributed by atoms with Crippen molar-refractivity contribution in [1.82, 2.24) is 10.2 Å². The van der Waals surface area contributed by atoms with Gasteiger partial charge >= 0.3 is 0 Å². The van der Waals surface area contributed by atoms with Crippen molar-refractivity contribution in [1.29, 1.82) is 0 Å². The van der Waals surface area contributed by atoms with Gasteiger partial charge in [0.25, 0.3) is 0 Å².